The predicted octanol–water partition coefficient (Wildman–Crippen LogP) is 1.88. The van der Waals surface area contributed by atoms with Gasteiger partial charge in [0.15, 0.2) is 0 Å². The molecule has 88 valence electrons. The summed E-state index contributed by atoms with van der Waals surface area (Å²) < 4.78 is 1.70. The van der Waals surface area contributed by atoms with Gasteiger partial charge in [-0.2, -0.15) is 4.98 Å². The van der Waals surface area contributed by atoms with Crippen molar-refractivity contribution < 1.29 is 0 Å². The fourth-order valence-electron chi connectivity index (χ4n) is 2.18. The molecule has 1 aliphatic heterocycles. The monoisotopic (exact) mass is 239 g/mol. The van der Waals surface area contributed by atoms with E-state index < -0.39 is 0 Å². The van der Waals surface area contributed by atoms with Gasteiger partial charge in [-0.15, -0.1) is 11.8 Å². The molecule has 16 heavy (non-hydrogen) atoms. The molecule has 1 saturated heterocycles. The number of nitrogen functional groups attached to an aromatic ring is 1. The van der Waals surface area contributed by atoms with Crippen LogP contribution in [0.3, 0.4) is 0 Å². The topological polar surface area (TPSA) is 60.9 Å². The zero-order valence-corrected chi connectivity index (χ0v) is 10.4. The molecule has 0 bridgehead atoms. The largest absolute Gasteiger partial charge is 0.383 e. The summed E-state index contributed by atoms with van der Waals surface area (Å²) in [5.74, 6) is 0.953. The molecule has 0 amide bonds. The van der Waals surface area contributed by atoms with Crippen molar-refractivity contribution in [2.24, 2.45) is 5.92 Å². The minimum absolute atomic E-state index is 0.223. The van der Waals surface area contributed by atoms with Crippen LogP contribution >= 0.6 is 11.8 Å². The van der Waals surface area contributed by atoms with Crippen LogP contribution < -0.4 is 11.4 Å². The molecule has 5 heteroatoms. The van der Waals surface area contributed by atoms with Gasteiger partial charge in [0, 0.05) is 11.4 Å². The third-order valence-electron chi connectivity index (χ3n) is 3.10. The van der Waals surface area contributed by atoms with E-state index in [9.17, 15) is 4.79 Å². The van der Waals surface area contributed by atoms with E-state index in [1.165, 1.54) is 0 Å². The van der Waals surface area contributed by atoms with E-state index >= 15 is 0 Å². The van der Waals surface area contributed by atoms with Gasteiger partial charge in [-0.05, 0) is 24.8 Å². The first-order valence-corrected chi connectivity index (χ1v) is 6.56. The van der Waals surface area contributed by atoms with Crippen molar-refractivity contribution in [2.75, 3.05) is 5.73 Å². The van der Waals surface area contributed by atoms with Gasteiger partial charge in [0.2, 0.25) is 0 Å². The predicted molar refractivity (Wildman–Crippen MR) is 67.4 cm³/mol. The molecule has 0 aromatic carbocycles. The second-order valence-electron chi connectivity index (χ2n) is 4.29. The maximum absolute atomic E-state index is 11.7. The van der Waals surface area contributed by atoms with Crippen LogP contribution in [-0.2, 0) is 0 Å². The van der Waals surface area contributed by atoms with E-state index in [0.29, 0.717) is 17.0 Å². The molecule has 1 aromatic rings. The van der Waals surface area contributed by atoms with Crippen molar-refractivity contribution in [3.05, 3.63) is 22.7 Å². The van der Waals surface area contributed by atoms with Crippen molar-refractivity contribution in [2.45, 2.75) is 37.3 Å². The highest BCUT2D eigenvalue weighted by Gasteiger charge is 2.32. The number of hydrogen-bond donors (Lipinski definition) is 1. The van der Waals surface area contributed by atoms with Crippen LogP contribution in [0.25, 0.3) is 0 Å². The summed E-state index contributed by atoms with van der Waals surface area (Å²) in [5, 5.41) is 0.870. The lowest BCUT2D eigenvalue weighted by Crippen LogP contribution is -2.25. The van der Waals surface area contributed by atoms with Crippen LogP contribution in [-0.4, -0.2) is 14.8 Å². The van der Waals surface area contributed by atoms with Crippen molar-refractivity contribution in [3.8, 4) is 0 Å². The number of aromatic nitrogens is 2. The number of nitrogens with zero attached hydrogens (tertiary/aromatic N) is 2. The van der Waals surface area contributed by atoms with E-state index in [1.807, 2.05) is 11.8 Å². The summed E-state index contributed by atoms with van der Waals surface area (Å²) in [7, 11) is 0. The lowest BCUT2D eigenvalue weighted by molar-refractivity contribution is 0.481. The van der Waals surface area contributed by atoms with Gasteiger partial charge in [0.05, 0.1) is 5.37 Å². The molecule has 0 aliphatic carbocycles. The summed E-state index contributed by atoms with van der Waals surface area (Å²) in [5.41, 5.74) is 5.24. The standard InChI is InChI=1S/C11H17N3OS/c1-3-8-7(2)6-10(16-8)14-5-4-9(12)13-11(14)15/h4-5,7-8,10H,3,6H2,1-2H3,(H2,12,13,15)/t7-,8+,10+/m0/s1. The van der Waals surface area contributed by atoms with Gasteiger partial charge >= 0.3 is 5.69 Å². The Bertz CT molecular complexity index is 431. The van der Waals surface area contributed by atoms with E-state index in [1.54, 1.807) is 16.8 Å². The molecule has 2 N–H and O–H groups in total. The minimum Gasteiger partial charge on any atom is -0.383 e. The summed E-state index contributed by atoms with van der Waals surface area (Å²) in [4.78, 5) is 15.5. The van der Waals surface area contributed by atoms with Gasteiger partial charge < -0.3 is 5.73 Å². The van der Waals surface area contributed by atoms with E-state index in [2.05, 4.69) is 18.8 Å². The van der Waals surface area contributed by atoms with Crippen LogP contribution in [0.1, 0.15) is 32.1 Å². The molecular weight excluding hydrogens is 222 g/mol. The highest BCUT2D eigenvalue weighted by atomic mass is 32.2. The molecule has 0 saturated carbocycles. The average Bonchev–Trinajstić information content (AvgIpc) is 2.59. The Kier molecular flexibility index (Phi) is 3.23. The average molecular weight is 239 g/mol. The zero-order valence-electron chi connectivity index (χ0n) is 9.59. The molecule has 1 aliphatic rings. The molecule has 0 radical (unpaired) electrons. The molecular formula is C11H17N3OS. The smallest absolute Gasteiger partial charge is 0.350 e. The molecule has 1 aromatic heterocycles. The molecule has 0 spiro atoms. The Labute approximate surface area is 99.3 Å². The van der Waals surface area contributed by atoms with Crippen molar-refractivity contribution in [1.82, 2.24) is 9.55 Å². The second kappa shape index (κ2) is 4.49. The Balaban J connectivity index is 2.23. The highest BCUT2D eigenvalue weighted by Crippen LogP contribution is 2.45. The quantitative estimate of drug-likeness (QED) is 0.856. The van der Waals surface area contributed by atoms with Crippen molar-refractivity contribution >= 4 is 17.6 Å². The Hall–Kier alpha value is -0.970. The highest BCUT2D eigenvalue weighted by molar-refractivity contribution is 8.00. The van der Waals surface area contributed by atoms with Gasteiger partial charge in [-0.25, -0.2) is 4.79 Å². The fourth-order valence-corrected chi connectivity index (χ4v) is 3.87. The summed E-state index contributed by atoms with van der Waals surface area (Å²) >= 11 is 1.87. The Morgan fingerprint density at radius 1 is 1.69 bits per heavy atom. The molecule has 2 heterocycles. The fraction of sp³-hybridized carbons (Fsp3) is 0.636. The molecule has 4 nitrogen and oxygen atoms in total. The van der Waals surface area contributed by atoms with E-state index in [-0.39, 0.29) is 11.1 Å². The summed E-state index contributed by atoms with van der Waals surface area (Å²) in [6.07, 6.45) is 3.95. The Morgan fingerprint density at radius 3 is 3.00 bits per heavy atom. The van der Waals surface area contributed by atoms with Gasteiger partial charge in [-0.3, -0.25) is 4.57 Å². The van der Waals surface area contributed by atoms with Gasteiger partial charge in [-0.1, -0.05) is 13.8 Å². The molecule has 1 fully saturated rings. The Morgan fingerprint density at radius 2 is 2.44 bits per heavy atom. The summed E-state index contributed by atoms with van der Waals surface area (Å²) in [6, 6.07) is 1.69. The van der Waals surface area contributed by atoms with Gasteiger partial charge in [0.1, 0.15) is 5.82 Å². The lowest BCUT2D eigenvalue weighted by Gasteiger charge is -2.12. The number of thioether (sulfide) groups is 1. The first kappa shape index (κ1) is 11.5. The van der Waals surface area contributed by atoms with Gasteiger partial charge in [0.25, 0.3) is 0 Å². The van der Waals surface area contributed by atoms with Crippen LogP contribution in [0.5, 0.6) is 0 Å². The number of anilines is 1. The first-order chi connectivity index (χ1) is 7.61. The number of nitrogens with two attached hydrogens (primary N) is 1. The van der Waals surface area contributed by atoms with E-state index in [0.717, 1.165) is 12.8 Å². The zero-order chi connectivity index (χ0) is 11.7. The van der Waals surface area contributed by atoms with Crippen LogP contribution in [0.4, 0.5) is 5.82 Å². The summed E-state index contributed by atoms with van der Waals surface area (Å²) in [6.45, 7) is 4.44. The van der Waals surface area contributed by atoms with Crippen molar-refractivity contribution in [1.29, 1.82) is 0 Å². The third-order valence-corrected chi connectivity index (χ3v) is 4.99. The maximum atomic E-state index is 11.7. The first-order valence-electron chi connectivity index (χ1n) is 5.62. The lowest BCUT2D eigenvalue weighted by atomic mass is 10.0. The second-order valence-corrected chi connectivity index (χ2v) is 5.71. The molecule has 3 atom stereocenters. The van der Waals surface area contributed by atoms with Crippen LogP contribution in [0.15, 0.2) is 17.1 Å². The minimum atomic E-state index is -0.235. The molecule has 2 rings (SSSR count). The third kappa shape index (κ3) is 2.09. The molecule has 0 unspecified atom stereocenters. The SMILES string of the molecule is CC[C@H]1S[C@@H](n2ccc(N)nc2=O)C[C@@H]1C. The van der Waals surface area contributed by atoms with Crippen molar-refractivity contribution in [3.63, 3.8) is 0 Å². The van der Waals surface area contributed by atoms with Crippen LogP contribution in [0.2, 0.25) is 0 Å². The normalized spacial score (nSPS) is 29.5. The van der Waals surface area contributed by atoms with Crippen LogP contribution in [0, 0.1) is 5.92 Å². The maximum Gasteiger partial charge on any atom is 0.350 e. The van der Waals surface area contributed by atoms with E-state index in [4.69, 9.17) is 5.73 Å². The number of hydrogen-bond acceptors (Lipinski definition) is 4. The number of rotatable bonds is 2.